The Morgan fingerprint density at radius 1 is 1.00 bits per heavy atom. The molecule has 1 atom stereocenters. The van der Waals surface area contributed by atoms with E-state index in [0.717, 1.165) is 8.58 Å². The summed E-state index contributed by atoms with van der Waals surface area (Å²) < 4.78 is 0. The predicted molar refractivity (Wildman–Crippen MR) is 77.5 cm³/mol. The van der Waals surface area contributed by atoms with Gasteiger partial charge in [-0.1, -0.05) is 59.4 Å². The molecule has 0 saturated heterocycles. The van der Waals surface area contributed by atoms with Crippen molar-refractivity contribution in [3.63, 3.8) is 0 Å². The first-order valence-electron chi connectivity index (χ1n) is 6.55. The van der Waals surface area contributed by atoms with E-state index in [0.29, 0.717) is 0 Å². The molecule has 0 aliphatic rings. The number of unbranched alkanes of at least 4 members (excludes halogenated alkanes) is 4. The van der Waals surface area contributed by atoms with Crippen LogP contribution < -0.4 is 5.30 Å². The number of hydrogen-bond donors (Lipinski definition) is 0. The highest BCUT2D eigenvalue weighted by molar-refractivity contribution is 7.47. The van der Waals surface area contributed by atoms with E-state index in [9.17, 15) is 0 Å². The zero-order chi connectivity index (χ0) is 11.8. The van der Waals surface area contributed by atoms with Gasteiger partial charge in [0.15, 0.2) is 0 Å². The van der Waals surface area contributed by atoms with E-state index in [2.05, 4.69) is 39.0 Å². The third-order valence-electron chi connectivity index (χ3n) is 3.20. The Balaban J connectivity index is 2.24. The van der Waals surface area contributed by atoms with E-state index in [4.69, 9.17) is 0 Å². The highest BCUT2D eigenvalue weighted by Gasteiger charge is 1.99. The van der Waals surface area contributed by atoms with Crippen molar-refractivity contribution < 1.29 is 0 Å². The molecule has 1 aromatic carbocycles. The predicted octanol–water partition coefficient (Wildman–Crippen LogP) is 4.58. The molecule has 1 aromatic rings. The molecule has 90 valence electrons. The lowest BCUT2D eigenvalue weighted by atomic mass is 10.1. The van der Waals surface area contributed by atoms with Crippen molar-refractivity contribution in [1.29, 1.82) is 0 Å². The largest absolute Gasteiger partial charge is 0.0901 e. The normalized spacial score (nSPS) is 11.4. The van der Waals surface area contributed by atoms with Crippen LogP contribution in [0.5, 0.6) is 0 Å². The molecule has 0 spiro atoms. The molecule has 1 rings (SSSR count). The molecule has 0 aromatic heterocycles. The van der Waals surface area contributed by atoms with Crippen molar-refractivity contribution in [2.45, 2.75) is 52.9 Å². The first-order valence-corrected chi connectivity index (χ1v) is 7.76. The molecule has 0 heterocycles. The van der Waals surface area contributed by atoms with Crippen molar-refractivity contribution in [2.75, 3.05) is 6.16 Å². The molecule has 0 nitrogen and oxygen atoms in total. The molecular formula is C15H25P. The van der Waals surface area contributed by atoms with Crippen LogP contribution in [0.15, 0.2) is 18.2 Å². The second-order valence-corrected chi connectivity index (χ2v) is 5.98. The van der Waals surface area contributed by atoms with Gasteiger partial charge in [0.1, 0.15) is 0 Å². The number of aryl methyl sites for hydroxylation is 1. The highest BCUT2D eigenvalue weighted by atomic mass is 31.1. The monoisotopic (exact) mass is 236 g/mol. The first-order chi connectivity index (χ1) is 7.75. The Bertz CT molecular complexity index is 304. The minimum atomic E-state index is 1.01. The van der Waals surface area contributed by atoms with Crippen molar-refractivity contribution in [3.8, 4) is 0 Å². The standard InChI is InChI=1S/C15H25P/c1-4-5-6-7-8-12-16-15-11-9-10-13(2)14(15)3/h9-11,16H,4-8,12H2,1-3H3. The Hall–Kier alpha value is -0.350. The Morgan fingerprint density at radius 3 is 2.50 bits per heavy atom. The smallest absolute Gasteiger partial charge is 0.0240 e. The van der Waals surface area contributed by atoms with Crippen molar-refractivity contribution in [3.05, 3.63) is 29.3 Å². The first kappa shape index (κ1) is 13.7. The Labute approximate surface area is 103 Å². The minimum Gasteiger partial charge on any atom is -0.0901 e. The Morgan fingerprint density at radius 2 is 1.75 bits per heavy atom. The molecule has 16 heavy (non-hydrogen) atoms. The maximum atomic E-state index is 2.30. The fourth-order valence-corrected chi connectivity index (χ4v) is 3.27. The third-order valence-corrected chi connectivity index (χ3v) is 4.73. The van der Waals surface area contributed by atoms with Crippen LogP contribution in [0.2, 0.25) is 0 Å². The second-order valence-electron chi connectivity index (χ2n) is 4.59. The van der Waals surface area contributed by atoms with Crippen LogP contribution in [0, 0.1) is 13.8 Å². The SMILES string of the molecule is CCCCCCCPc1cccc(C)c1C. The van der Waals surface area contributed by atoms with Gasteiger partial charge in [-0.15, -0.1) is 0 Å². The van der Waals surface area contributed by atoms with Crippen LogP contribution in [-0.4, -0.2) is 6.16 Å². The average molecular weight is 236 g/mol. The van der Waals surface area contributed by atoms with Gasteiger partial charge in [0.05, 0.1) is 0 Å². The fourth-order valence-electron chi connectivity index (χ4n) is 1.89. The van der Waals surface area contributed by atoms with Gasteiger partial charge in [0, 0.05) is 0 Å². The van der Waals surface area contributed by atoms with Gasteiger partial charge >= 0.3 is 0 Å². The summed E-state index contributed by atoms with van der Waals surface area (Å²) in [5.74, 6) is 0. The van der Waals surface area contributed by atoms with Gasteiger partial charge in [-0.3, -0.25) is 0 Å². The van der Waals surface area contributed by atoms with Crippen LogP contribution in [0.1, 0.15) is 50.2 Å². The summed E-state index contributed by atoms with van der Waals surface area (Å²) in [6, 6.07) is 6.71. The summed E-state index contributed by atoms with van der Waals surface area (Å²) in [6.07, 6.45) is 8.39. The van der Waals surface area contributed by atoms with Gasteiger partial charge < -0.3 is 0 Å². The van der Waals surface area contributed by atoms with E-state index in [1.807, 2.05) is 0 Å². The zero-order valence-electron chi connectivity index (χ0n) is 11.0. The Kier molecular flexibility index (Phi) is 6.73. The molecular weight excluding hydrogens is 211 g/mol. The van der Waals surface area contributed by atoms with E-state index >= 15 is 0 Å². The van der Waals surface area contributed by atoms with Crippen molar-refractivity contribution >= 4 is 13.9 Å². The van der Waals surface area contributed by atoms with E-state index in [-0.39, 0.29) is 0 Å². The van der Waals surface area contributed by atoms with Gasteiger partial charge in [-0.05, 0) is 42.9 Å². The molecule has 1 heteroatoms. The van der Waals surface area contributed by atoms with Crippen LogP contribution in [0.4, 0.5) is 0 Å². The lowest BCUT2D eigenvalue weighted by Gasteiger charge is -2.08. The van der Waals surface area contributed by atoms with Gasteiger partial charge in [-0.2, -0.15) is 0 Å². The summed E-state index contributed by atoms with van der Waals surface area (Å²) >= 11 is 0. The van der Waals surface area contributed by atoms with Crippen molar-refractivity contribution in [2.24, 2.45) is 0 Å². The third kappa shape index (κ3) is 4.66. The molecule has 0 aliphatic heterocycles. The maximum absolute atomic E-state index is 2.30. The van der Waals surface area contributed by atoms with Crippen LogP contribution >= 0.6 is 8.58 Å². The van der Waals surface area contributed by atoms with E-state index in [1.165, 1.54) is 49.4 Å². The summed E-state index contributed by atoms with van der Waals surface area (Å²) in [7, 11) is 1.01. The molecule has 1 unspecified atom stereocenters. The number of hydrogen-bond acceptors (Lipinski definition) is 0. The summed E-state index contributed by atoms with van der Waals surface area (Å²) in [5.41, 5.74) is 2.95. The summed E-state index contributed by atoms with van der Waals surface area (Å²) in [5, 5.41) is 1.58. The minimum absolute atomic E-state index is 1.01. The fraction of sp³-hybridized carbons (Fsp3) is 0.600. The van der Waals surface area contributed by atoms with Gasteiger partial charge in [0.25, 0.3) is 0 Å². The molecule has 0 aliphatic carbocycles. The molecule has 0 amide bonds. The molecule has 0 bridgehead atoms. The van der Waals surface area contributed by atoms with Crippen molar-refractivity contribution in [1.82, 2.24) is 0 Å². The summed E-state index contributed by atoms with van der Waals surface area (Å²) in [4.78, 5) is 0. The van der Waals surface area contributed by atoms with Gasteiger partial charge in [-0.25, -0.2) is 0 Å². The van der Waals surface area contributed by atoms with Crippen LogP contribution in [0.3, 0.4) is 0 Å². The van der Waals surface area contributed by atoms with Crippen LogP contribution in [0.25, 0.3) is 0 Å². The summed E-state index contributed by atoms with van der Waals surface area (Å²) in [6.45, 7) is 6.75. The molecule has 0 fully saturated rings. The number of benzene rings is 1. The maximum Gasteiger partial charge on any atom is -0.0240 e. The number of rotatable bonds is 7. The molecule has 0 saturated carbocycles. The average Bonchev–Trinajstić information content (AvgIpc) is 2.29. The van der Waals surface area contributed by atoms with E-state index in [1.54, 1.807) is 5.30 Å². The quantitative estimate of drug-likeness (QED) is 0.480. The lowest BCUT2D eigenvalue weighted by molar-refractivity contribution is 0.659. The topological polar surface area (TPSA) is 0 Å². The molecule has 0 radical (unpaired) electrons. The van der Waals surface area contributed by atoms with Crippen LogP contribution in [-0.2, 0) is 0 Å². The highest BCUT2D eigenvalue weighted by Crippen LogP contribution is 2.18. The molecule has 0 N–H and O–H groups in total. The van der Waals surface area contributed by atoms with Gasteiger partial charge in [0.2, 0.25) is 0 Å². The second kappa shape index (κ2) is 7.85. The zero-order valence-corrected chi connectivity index (χ0v) is 12.0. The van der Waals surface area contributed by atoms with E-state index < -0.39 is 0 Å². The lowest BCUT2D eigenvalue weighted by Crippen LogP contribution is -2.02.